The van der Waals surface area contributed by atoms with Gasteiger partial charge in [0.15, 0.2) is 5.69 Å². The van der Waals surface area contributed by atoms with Crippen molar-refractivity contribution in [2.45, 2.75) is 25.4 Å². The van der Waals surface area contributed by atoms with Crippen LogP contribution in [0.25, 0.3) is 0 Å². The van der Waals surface area contributed by atoms with Crippen LogP contribution in [0.3, 0.4) is 0 Å². The summed E-state index contributed by atoms with van der Waals surface area (Å²) >= 11 is 6.28. The number of nitrogens with zero attached hydrogens (tertiary/aromatic N) is 6. The molecule has 0 radical (unpaired) electrons. The Hall–Kier alpha value is -4.31. The number of fused-ring (bicyclic) bond motifs is 8. The molecule has 212 valence electrons. The molecule has 3 aliphatic rings. The molecule has 2 aromatic carbocycles. The second-order valence-corrected chi connectivity index (χ2v) is 10.7. The minimum Gasteiger partial charge on any atom is -0.494 e. The summed E-state index contributed by atoms with van der Waals surface area (Å²) in [6.45, 7) is 2.36. The topological polar surface area (TPSA) is 94.7 Å². The fourth-order valence-electron chi connectivity index (χ4n) is 5.51. The van der Waals surface area contributed by atoms with Crippen molar-refractivity contribution in [1.82, 2.24) is 29.1 Å². The van der Waals surface area contributed by atoms with Gasteiger partial charge < -0.3 is 23.8 Å². The van der Waals surface area contributed by atoms with Crippen molar-refractivity contribution < 1.29 is 19.1 Å². The second-order valence-electron chi connectivity index (χ2n) is 10.2. The van der Waals surface area contributed by atoms with Crippen LogP contribution in [0.5, 0.6) is 11.5 Å². The Bertz CT molecular complexity index is 1550. The molecular formula is C30H31ClN6O4. The van der Waals surface area contributed by atoms with E-state index in [4.69, 9.17) is 21.1 Å². The SMILES string of the molecule is Cn1cc(Cl)c(C(=O)N2CCCOc3cccc(c3)C3c4ccc(cc4CCN3C(=O)Cn3ccnc3)OCC2)n1. The van der Waals surface area contributed by atoms with Gasteiger partial charge in [-0.2, -0.15) is 5.10 Å². The van der Waals surface area contributed by atoms with E-state index in [1.54, 1.807) is 41.4 Å². The van der Waals surface area contributed by atoms with Crippen LogP contribution >= 0.6 is 11.6 Å². The molecule has 11 heteroatoms. The first-order chi connectivity index (χ1) is 20.0. The highest BCUT2D eigenvalue weighted by Gasteiger charge is 2.33. The molecule has 0 saturated carbocycles. The zero-order valence-corrected chi connectivity index (χ0v) is 23.5. The highest BCUT2D eigenvalue weighted by Crippen LogP contribution is 2.38. The van der Waals surface area contributed by atoms with Gasteiger partial charge >= 0.3 is 0 Å². The average Bonchev–Trinajstić information content (AvgIpc) is 3.61. The van der Waals surface area contributed by atoms with Gasteiger partial charge in [-0.15, -0.1) is 0 Å². The molecule has 0 N–H and O–H groups in total. The number of ether oxygens (including phenoxy) is 2. The summed E-state index contributed by atoms with van der Waals surface area (Å²) in [5, 5.41) is 4.57. The van der Waals surface area contributed by atoms with E-state index in [0.29, 0.717) is 56.5 Å². The van der Waals surface area contributed by atoms with Crippen molar-refractivity contribution in [3.8, 4) is 11.5 Å². The van der Waals surface area contributed by atoms with Gasteiger partial charge in [-0.3, -0.25) is 14.3 Å². The molecule has 2 amide bonds. The zero-order valence-electron chi connectivity index (χ0n) is 22.8. The lowest BCUT2D eigenvalue weighted by atomic mass is 9.87. The van der Waals surface area contributed by atoms with Crippen molar-refractivity contribution in [3.63, 3.8) is 0 Å². The smallest absolute Gasteiger partial charge is 0.276 e. The first kappa shape index (κ1) is 26.9. The van der Waals surface area contributed by atoms with Crippen molar-refractivity contribution in [2.75, 3.05) is 32.8 Å². The number of rotatable bonds is 3. The van der Waals surface area contributed by atoms with Crippen LogP contribution in [0.15, 0.2) is 67.4 Å². The molecule has 41 heavy (non-hydrogen) atoms. The monoisotopic (exact) mass is 574 g/mol. The first-order valence-corrected chi connectivity index (χ1v) is 14.1. The maximum Gasteiger partial charge on any atom is 0.276 e. The molecule has 6 bridgehead atoms. The van der Waals surface area contributed by atoms with E-state index < -0.39 is 0 Å². The molecule has 10 nitrogen and oxygen atoms in total. The van der Waals surface area contributed by atoms with Gasteiger partial charge in [0.05, 0.1) is 30.5 Å². The average molecular weight is 575 g/mol. The predicted octanol–water partition coefficient (Wildman–Crippen LogP) is 3.75. The third-order valence-electron chi connectivity index (χ3n) is 7.46. The van der Waals surface area contributed by atoms with Crippen molar-refractivity contribution in [1.29, 1.82) is 0 Å². The van der Waals surface area contributed by atoms with E-state index in [2.05, 4.69) is 10.1 Å². The number of carbonyl (C=O) groups excluding carboxylic acids is 2. The molecule has 1 unspecified atom stereocenters. The lowest BCUT2D eigenvalue weighted by Gasteiger charge is -2.38. The van der Waals surface area contributed by atoms with Crippen molar-refractivity contribution in [3.05, 3.63) is 94.8 Å². The summed E-state index contributed by atoms with van der Waals surface area (Å²) in [6, 6.07) is 13.7. The maximum absolute atomic E-state index is 13.5. The molecule has 0 saturated heterocycles. The molecule has 0 aliphatic carbocycles. The molecule has 4 aromatic rings. The first-order valence-electron chi connectivity index (χ1n) is 13.7. The molecule has 3 aliphatic heterocycles. The number of imidazole rings is 1. The fourth-order valence-corrected chi connectivity index (χ4v) is 5.77. The number of halogens is 1. The number of hydrogen-bond acceptors (Lipinski definition) is 6. The highest BCUT2D eigenvalue weighted by molar-refractivity contribution is 6.33. The number of aromatic nitrogens is 4. The number of aryl methyl sites for hydroxylation is 1. The molecule has 1 atom stereocenters. The second kappa shape index (κ2) is 11.7. The minimum absolute atomic E-state index is 0.0254. The van der Waals surface area contributed by atoms with E-state index in [9.17, 15) is 9.59 Å². The van der Waals surface area contributed by atoms with Crippen LogP contribution in [0.1, 0.15) is 39.6 Å². The van der Waals surface area contributed by atoms with E-state index in [1.807, 2.05) is 47.4 Å². The summed E-state index contributed by atoms with van der Waals surface area (Å²) in [5.41, 5.74) is 3.40. The molecule has 5 heterocycles. The van der Waals surface area contributed by atoms with Gasteiger partial charge in [0.1, 0.15) is 24.7 Å². The van der Waals surface area contributed by atoms with Gasteiger partial charge in [0, 0.05) is 38.7 Å². The Balaban J connectivity index is 1.30. The van der Waals surface area contributed by atoms with Gasteiger partial charge in [0.25, 0.3) is 5.91 Å². The predicted molar refractivity (Wildman–Crippen MR) is 152 cm³/mol. The standard InChI is InChI=1S/C30H31ClN6O4/c1-34-18-26(31)28(33-34)30(39)36-10-3-14-40-23-5-2-4-22(17-23)29-25-7-6-24(41-15-13-36)16-21(25)8-11-37(29)27(38)19-35-12-9-32-20-35/h2,4-7,9,12,16-18,20,29H,3,8,10-11,13-15,19H2,1H3. The Morgan fingerprint density at radius 3 is 2.71 bits per heavy atom. The van der Waals surface area contributed by atoms with E-state index >= 15 is 0 Å². The molecule has 2 aromatic heterocycles. The summed E-state index contributed by atoms with van der Waals surface area (Å²) in [4.78, 5) is 34.5. The fraction of sp³-hybridized carbons (Fsp3) is 0.333. The van der Waals surface area contributed by atoms with Crippen LogP contribution in [-0.4, -0.2) is 73.8 Å². The number of hydrogen-bond donors (Lipinski definition) is 0. The summed E-state index contributed by atoms with van der Waals surface area (Å²) < 4.78 is 15.6. The van der Waals surface area contributed by atoms with Gasteiger partial charge in [-0.1, -0.05) is 29.8 Å². The Morgan fingerprint density at radius 1 is 1.05 bits per heavy atom. The van der Waals surface area contributed by atoms with E-state index in [-0.39, 0.29) is 30.1 Å². The van der Waals surface area contributed by atoms with Crippen LogP contribution in [0.4, 0.5) is 0 Å². The van der Waals surface area contributed by atoms with Crippen LogP contribution in [-0.2, 0) is 24.8 Å². The molecular weight excluding hydrogens is 544 g/mol. The van der Waals surface area contributed by atoms with E-state index in [1.165, 1.54) is 4.68 Å². The van der Waals surface area contributed by atoms with Crippen molar-refractivity contribution >= 4 is 23.4 Å². The number of carbonyl (C=O) groups is 2. The van der Waals surface area contributed by atoms with Crippen LogP contribution in [0, 0.1) is 0 Å². The minimum atomic E-state index is -0.253. The van der Waals surface area contributed by atoms with Crippen LogP contribution < -0.4 is 9.47 Å². The lowest BCUT2D eigenvalue weighted by Crippen LogP contribution is -2.42. The third-order valence-corrected chi connectivity index (χ3v) is 7.74. The highest BCUT2D eigenvalue weighted by atomic mass is 35.5. The molecule has 7 rings (SSSR count). The third kappa shape index (κ3) is 5.78. The molecule has 0 spiro atoms. The quantitative estimate of drug-likeness (QED) is 0.370. The zero-order chi connectivity index (χ0) is 28.3. The summed E-state index contributed by atoms with van der Waals surface area (Å²) in [5.74, 6) is 1.23. The number of amides is 2. The summed E-state index contributed by atoms with van der Waals surface area (Å²) in [6.07, 6.45) is 8.06. The van der Waals surface area contributed by atoms with Crippen molar-refractivity contribution in [2.24, 2.45) is 7.05 Å². The Labute approximate surface area is 243 Å². The normalized spacial score (nSPS) is 17.2. The largest absolute Gasteiger partial charge is 0.494 e. The van der Waals surface area contributed by atoms with Crippen LogP contribution in [0.2, 0.25) is 5.02 Å². The maximum atomic E-state index is 13.5. The van der Waals surface area contributed by atoms with E-state index in [0.717, 1.165) is 22.4 Å². The Kier molecular flexibility index (Phi) is 7.65. The molecule has 0 fully saturated rings. The summed E-state index contributed by atoms with van der Waals surface area (Å²) in [7, 11) is 1.73. The number of benzene rings is 2. The lowest BCUT2D eigenvalue weighted by molar-refractivity contribution is -0.134. The van der Waals surface area contributed by atoms with Gasteiger partial charge in [-0.05, 0) is 53.8 Å². The van der Waals surface area contributed by atoms with Gasteiger partial charge in [0.2, 0.25) is 5.91 Å². The van der Waals surface area contributed by atoms with Gasteiger partial charge in [-0.25, -0.2) is 4.98 Å². The Morgan fingerprint density at radius 2 is 1.90 bits per heavy atom.